The summed E-state index contributed by atoms with van der Waals surface area (Å²) >= 11 is 1.72. The van der Waals surface area contributed by atoms with Crippen molar-refractivity contribution < 1.29 is 19.0 Å². The molecule has 1 N–H and O–H groups in total. The van der Waals surface area contributed by atoms with Crippen LogP contribution in [0.5, 0.6) is 11.5 Å². The minimum Gasteiger partial charge on any atom is -0.490 e. The minimum atomic E-state index is -0.112. The van der Waals surface area contributed by atoms with E-state index in [1.165, 1.54) is 4.88 Å². The fourth-order valence-corrected chi connectivity index (χ4v) is 4.12. The Kier molecular flexibility index (Phi) is 7.71. The van der Waals surface area contributed by atoms with Crippen LogP contribution >= 0.6 is 11.3 Å². The summed E-state index contributed by atoms with van der Waals surface area (Å²) in [6.07, 6.45) is 0. The molecule has 1 amide bonds. The first-order chi connectivity index (χ1) is 13.7. The van der Waals surface area contributed by atoms with Gasteiger partial charge in [-0.25, -0.2) is 0 Å². The SMILES string of the molecule is CCOc1ccc(C(=O)NC[C@@H](c2cccs2)N2CCOCC2)cc1OCC. The van der Waals surface area contributed by atoms with E-state index >= 15 is 0 Å². The molecule has 2 heterocycles. The fraction of sp³-hybridized carbons (Fsp3) is 0.476. The molecule has 152 valence electrons. The maximum atomic E-state index is 12.8. The van der Waals surface area contributed by atoms with Gasteiger partial charge in [-0.1, -0.05) is 6.07 Å². The van der Waals surface area contributed by atoms with Crippen molar-refractivity contribution in [2.75, 3.05) is 46.1 Å². The van der Waals surface area contributed by atoms with Crippen LogP contribution in [-0.2, 0) is 4.74 Å². The molecule has 2 aromatic rings. The molecular formula is C21H28N2O4S. The summed E-state index contributed by atoms with van der Waals surface area (Å²) in [5, 5.41) is 5.17. The Labute approximate surface area is 170 Å². The first-order valence-corrected chi connectivity index (χ1v) is 10.6. The fourth-order valence-electron chi connectivity index (χ4n) is 3.26. The number of hydrogen-bond donors (Lipinski definition) is 1. The average Bonchev–Trinajstić information content (AvgIpc) is 3.25. The number of carbonyl (C=O) groups excluding carboxylic acids is 1. The Bertz CT molecular complexity index is 745. The maximum absolute atomic E-state index is 12.8. The average molecular weight is 405 g/mol. The lowest BCUT2D eigenvalue weighted by Crippen LogP contribution is -2.43. The van der Waals surface area contributed by atoms with E-state index in [2.05, 4.69) is 27.7 Å². The van der Waals surface area contributed by atoms with Gasteiger partial charge in [-0.15, -0.1) is 11.3 Å². The molecule has 1 fully saturated rings. The second-order valence-electron chi connectivity index (χ2n) is 6.42. The first kappa shape index (κ1) is 20.6. The number of benzene rings is 1. The lowest BCUT2D eigenvalue weighted by molar-refractivity contribution is 0.0169. The highest BCUT2D eigenvalue weighted by atomic mass is 32.1. The van der Waals surface area contributed by atoms with Gasteiger partial charge in [0.15, 0.2) is 11.5 Å². The third-order valence-corrected chi connectivity index (χ3v) is 5.59. The third kappa shape index (κ3) is 5.25. The molecule has 7 heteroatoms. The number of nitrogens with one attached hydrogen (secondary N) is 1. The Morgan fingerprint density at radius 1 is 1.18 bits per heavy atom. The van der Waals surface area contributed by atoms with E-state index in [1.807, 2.05) is 13.8 Å². The van der Waals surface area contributed by atoms with Crippen molar-refractivity contribution in [3.05, 3.63) is 46.2 Å². The van der Waals surface area contributed by atoms with Crippen LogP contribution in [0, 0.1) is 0 Å². The number of thiophene rings is 1. The Balaban J connectivity index is 1.69. The van der Waals surface area contributed by atoms with Gasteiger partial charge in [-0.05, 0) is 43.5 Å². The Morgan fingerprint density at radius 2 is 1.93 bits per heavy atom. The smallest absolute Gasteiger partial charge is 0.251 e. The van der Waals surface area contributed by atoms with E-state index in [9.17, 15) is 4.79 Å². The van der Waals surface area contributed by atoms with Crippen LogP contribution in [0.15, 0.2) is 35.7 Å². The summed E-state index contributed by atoms with van der Waals surface area (Å²) in [6, 6.07) is 9.65. The largest absolute Gasteiger partial charge is 0.490 e. The van der Waals surface area contributed by atoms with E-state index in [0.29, 0.717) is 36.8 Å². The molecule has 1 aromatic heterocycles. The lowest BCUT2D eigenvalue weighted by atomic mass is 10.1. The molecule has 0 aliphatic carbocycles. The van der Waals surface area contributed by atoms with Crippen molar-refractivity contribution in [2.45, 2.75) is 19.9 Å². The Hall–Kier alpha value is -2.09. The normalized spacial score (nSPS) is 15.8. The van der Waals surface area contributed by atoms with Gasteiger partial charge in [0, 0.05) is 30.1 Å². The van der Waals surface area contributed by atoms with Crippen LogP contribution in [0.1, 0.15) is 35.1 Å². The molecule has 1 atom stereocenters. The predicted molar refractivity (Wildman–Crippen MR) is 111 cm³/mol. The van der Waals surface area contributed by atoms with Gasteiger partial charge in [-0.3, -0.25) is 9.69 Å². The summed E-state index contributed by atoms with van der Waals surface area (Å²) in [4.78, 5) is 16.4. The summed E-state index contributed by atoms with van der Waals surface area (Å²) in [6.45, 7) is 8.65. The number of ether oxygens (including phenoxy) is 3. The molecule has 0 spiro atoms. The zero-order valence-electron chi connectivity index (χ0n) is 16.5. The minimum absolute atomic E-state index is 0.112. The molecule has 1 aliphatic heterocycles. The van der Waals surface area contributed by atoms with E-state index in [1.54, 1.807) is 29.5 Å². The van der Waals surface area contributed by atoms with Crippen LogP contribution in [-0.4, -0.2) is 56.9 Å². The topological polar surface area (TPSA) is 60.0 Å². The van der Waals surface area contributed by atoms with Crippen molar-refractivity contribution in [3.63, 3.8) is 0 Å². The van der Waals surface area contributed by atoms with Crippen LogP contribution in [0.25, 0.3) is 0 Å². The molecule has 1 aliphatic rings. The zero-order valence-corrected chi connectivity index (χ0v) is 17.3. The standard InChI is InChI=1S/C21H28N2O4S/c1-3-26-18-8-7-16(14-19(18)27-4-2)21(24)22-15-17(20-6-5-13-28-20)23-9-11-25-12-10-23/h5-8,13-14,17H,3-4,9-12,15H2,1-2H3,(H,22,24)/t17-/m0/s1. The number of hydrogen-bond acceptors (Lipinski definition) is 6. The zero-order chi connectivity index (χ0) is 19.8. The Morgan fingerprint density at radius 3 is 2.61 bits per heavy atom. The molecular weight excluding hydrogens is 376 g/mol. The van der Waals surface area contributed by atoms with Gasteiger partial charge < -0.3 is 19.5 Å². The van der Waals surface area contributed by atoms with Crippen LogP contribution < -0.4 is 14.8 Å². The molecule has 0 saturated carbocycles. The summed E-state index contributed by atoms with van der Waals surface area (Å²) in [5.74, 6) is 1.14. The number of carbonyl (C=O) groups is 1. The number of morpholine rings is 1. The third-order valence-electron chi connectivity index (χ3n) is 4.62. The predicted octanol–water partition coefficient (Wildman–Crippen LogP) is 3.35. The summed E-state index contributed by atoms with van der Waals surface area (Å²) in [7, 11) is 0. The highest BCUT2D eigenvalue weighted by Gasteiger charge is 2.24. The van der Waals surface area contributed by atoms with Crippen LogP contribution in [0.3, 0.4) is 0 Å². The van der Waals surface area contributed by atoms with Crippen molar-refractivity contribution in [1.29, 1.82) is 0 Å². The van der Waals surface area contributed by atoms with Crippen molar-refractivity contribution in [1.82, 2.24) is 10.2 Å². The van der Waals surface area contributed by atoms with Crippen LogP contribution in [0.4, 0.5) is 0 Å². The quantitative estimate of drug-likeness (QED) is 0.695. The van der Waals surface area contributed by atoms with E-state index < -0.39 is 0 Å². The molecule has 6 nitrogen and oxygen atoms in total. The van der Waals surface area contributed by atoms with Gasteiger partial charge in [0.2, 0.25) is 0 Å². The molecule has 0 unspecified atom stereocenters. The molecule has 0 radical (unpaired) electrons. The molecule has 1 aromatic carbocycles. The van der Waals surface area contributed by atoms with E-state index in [-0.39, 0.29) is 11.9 Å². The van der Waals surface area contributed by atoms with Gasteiger partial charge in [-0.2, -0.15) is 0 Å². The van der Waals surface area contributed by atoms with Gasteiger partial charge in [0.1, 0.15) is 0 Å². The van der Waals surface area contributed by atoms with Crippen molar-refractivity contribution in [2.24, 2.45) is 0 Å². The van der Waals surface area contributed by atoms with Crippen molar-refractivity contribution >= 4 is 17.2 Å². The molecule has 0 bridgehead atoms. The van der Waals surface area contributed by atoms with Crippen molar-refractivity contribution in [3.8, 4) is 11.5 Å². The van der Waals surface area contributed by atoms with Crippen LogP contribution in [0.2, 0.25) is 0 Å². The second-order valence-corrected chi connectivity index (χ2v) is 7.40. The van der Waals surface area contributed by atoms with E-state index in [0.717, 1.165) is 26.3 Å². The van der Waals surface area contributed by atoms with E-state index in [4.69, 9.17) is 14.2 Å². The summed E-state index contributed by atoms with van der Waals surface area (Å²) in [5.41, 5.74) is 0.568. The van der Waals surface area contributed by atoms with Gasteiger partial charge in [0.25, 0.3) is 5.91 Å². The maximum Gasteiger partial charge on any atom is 0.251 e. The first-order valence-electron chi connectivity index (χ1n) is 9.76. The molecule has 28 heavy (non-hydrogen) atoms. The number of rotatable bonds is 9. The lowest BCUT2D eigenvalue weighted by Gasteiger charge is -2.34. The monoisotopic (exact) mass is 404 g/mol. The number of amides is 1. The second kappa shape index (κ2) is 10.5. The van der Waals surface area contributed by atoms with Gasteiger partial charge in [0.05, 0.1) is 32.5 Å². The summed E-state index contributed by atoms with van der Waals surface area (Å²) < 4.78 is 16.7. The highest BCUT2D eigenvalue weighted by Crippen LogP contribution is 2.29. The molecule has 3 rings (SSSR count). The highest BCUT2D eigenvalue weighted by molar-refractivity contribution is 7.10. The number of nitrogens with zero attached hydrogens (tertiary/aromatic N) is 1. The molecule has 1 saturated heterocycles. The van der Waals surface area contributed by atoms with Gasteiger partial charge >= 0.3 is 0 Å².